The van der Waals surface area contributed by atoms with Gasteiger partial charge in [-0.3, -0.25) is 4.98 Å². The largest absolute Gasteiger partial charge is 0.392 e. The Morgan fingerprint density at radius 3 is 2.81 bits per heavy atom. The zero-order valence-corrected chi connectivity index (χ0v) is 10.1. The molecule has 4 nitrogen and oxygen atoms in total. The van der Waals surface area contributed by atoms with Crippen LogP contribution in [0.4, 0.5) is 5.69 Å². The molecule has 0 saturated heterocycles. The summed E-state index contributed by atoms with van der Waals surface area (Å²) < 4.78 is 5.17. The molecule has 1 aromatic heterocycles. The number of aromatic nitrogens is 1. The average molecular weight is 224 g/mol. The molecular formula is C12H20N2O2. The number of rotatable bonds is 6. The SMILES string of the molecule is COCC(Nc1cnccc1CO)C(C)C. The third-order valence-corrected chi connectivity index (χ3v) is 2.57. The Bertz CT molecular complexity index is 316. The van der Waals surface area contributed by atoms with Gasteiger partial charge in [-0.25, -0.2) is 0 Å². The molecule has 0 amide bonds. The van der Waals surface area contributed by atoms with Gasteiger partial charge in [-0.2, -0.15) is 0 Å². The van der Waals surface area contributed by atoms with E-state index in [1.807, 2.05) is 6.07 Å². The monoisotopic (exact) mass is 224 g/mol. The minimum Gasteiger partial charge on any atom is -0.392 e. The van der Waals surface area contributed by atoms with Crippen molar-refractivity contribution < 1.29 is 9.84 Å². The number of aliphatic hydroxyl groups excluding tert-OH is 1. The van der Waals surface area contributed by atoms with Gasteiger partial charge in [0, 0.05) is 18.9 Å². The summed E-state index contributed by atoms with van der Waals surface area (Å²) in [7, 11) is 1.69. The van der Waals surface area contributed by atoms with Crippen molar-refractivity contribution in [2.45, 2.75) is 26.5 Å². The molecule has 0 aliphatic heterocycles. The Hall–Kier alpha value is -1.13. The second kappa shape index (κ2) is 6.45. The van der Waals surface area contributed by atoms with Crippen molar-refractivity contribution in [2.75, 3.05) is 19.0 Å². The molecule has 0 spiro atoms. The van der Waals surface area contributed by atoms with E-state index in [1.54, 1.807) is 19.5 Å². The maximum atomic E-state index is 9.20. The number of aliphatic hydroxyl groups is 1. The van der Waals surface area contributed by atoms with Gasteiger partial charge in [0.2, 0.25) is 0 Å². The van der Waals surface area contributed by atoms with Gasteiger partial charge in [-0.1, -0.05) is 13.8 Å². The normalized spacial score (nSPS) is 12.8. The van der Waals surface area contributed by atoms with Gasteiger partial charge in [-0.15, -0.1) is 0 Å². The molecule has 0 radical (unpaired) electrons. The highest BCUT2D eigenvalue weighted by Gasteiger charge is 2.14. The molecule has 2 N–H and O–H groups in total. The van der Waals surface area contributed by atoms with Gasteiger partial charge in [0.25, 0.3) is 0 Å². The minimum absolute atomic E-state index is 0.0165. The molecule has 1 atom stereocenters. The summed E-state index contributed by atoms with van der Waals surface area (Å²) in [6.07, 6.45) is 3.41. The number of ether oxygens (including phenoxy) is 1. The molecule has 90 valence electrons. The highest BCUT2D eigenvalue weighted by atomic mass is 16.5. The van der Waals surface area contributed by atoms with Crippen molar-refractivity contribution in [1.29, 1.82) is 0 Å². The third kappa shape index (κ3) is 3.47. The smallest absolute Gasteiger partial charge is 0.0703 e. The first kappa shape index (κ1) is 12.9. The van der Waals surface area contributed by atoms with E-state index in [0.717, 1.165) is 11.3 Å². The van der Waals surface area contributed by atoms with E-state index in [4.69, 9.17) is 4.74 Å². The van der Waals surface area contributed by atoms with E-state index in [1.165, 1.54) is 0 Å². The summed E-state index contributed by atoms with van der Waals surface area (Å²) in [5.41, 5.74) is 1.73. The first-order valence-electron chi connectivity index (χ1n) is 5.48. The van der Waals surface area contributed by atoms with Crippen LogP contribution in [-0.4, -0.2) is 29.8 Å². The molecule has 1 aromatic rings. The van der Waals surface area contributed by atoms with Crippen LogP contribution in [0.2, 0.25) is 0 Å². The maximum Gasteiger partial charge on any atom is 0.0703 e. The van der Waals surface area contributed by atoms with E-state index in [-0.39, 0.29) is 12.6 Å². The van der Waals surface area contributed by atoms with Crippen LogP contribution in [0.5, 0.6) is 0 Å². The van der Waals surface area contributed by atoms with Crippen LogP contribution in [0.1, 0.15) is 19.4 Å². The van der Waals surface area contributed by atoms with Crippen LogP contribution in [0.3, 0.4) is 0 Å². The van der Waals surface area contributed by atoms with Gasteiger partial charge in [0.15, 0.2) is 0 Å². The van der Waals surface area contributed by atoms with Crippen molar-refractivity contribution in [3.8, 4) is 0 Å². The second-order valence-corrected chi connectivity index (χ2v) is 4.14. The van der Waals surface area contributed by atoms with Gasteiger partial charge < -0.3 is 15.2 Å². The molecule has 16 heavy (non-hydrogen) atoms. The fourth-order valence-electron chi connectivity index (χ4n) is 1.47. The highest BCUT2D eigenvalue weighted by molar-refractivity contribution is 5.49. The van der Waals surface area contributed by atoms with Crippen molar-refractivity contribution >= 4 is 5.69 Å². The number of nitrogens with zero attached hydrogens (tertiary/aromatic N) is 1. The Morgan fingerprint density at radius 1 is 1.50 bits per heavy atom. The molecule has 4 heteroatoms. The molecule has 0 saturated carbocycles. The molecule has 1 unspecified atom stereocenters. The quantitative estimate of drug-likeness (QED) is 0.771. The summed E-state index contributed by atoms with van der Waals surface area (Å²) in [6, 6.07) is 2.03. The van der Waals surface area contributed by atoms with Gasteiger partial charge in [0.1, 0.15) is 0 Å². The van der Waals surface area contributed by atoms with Crippen LogP contribution in [0.25, 0.3) is 0 Å². The molecular weight excluding hydrogens is 204 g/mol. The number of methoxy groups -OCH3 is 1. The Labute approximate surface area is 96.7 Å². The highest BCUT2D eigenvalue weighted by Crippen LogP contribution is 2.17. The van der Waals surface area contributed by atoms with Gasteiger partial charge in [0.05, 0.1) is 31.1 Å². The standard InChI is InChI=1S/C12H20N2O2/c1-9(2)12(8-16-3)14-11-6-13-5-4-10(11)7-15/h4-6,9,12,14-15H,7-8H2,1-3H3. The van der Waals surface area contributed by atoms with Crippen LogP contribution >= 0.6 is 0 Å². The maximum absolute atomic E-state index is 9.20. The predicted octanol–water partition coefficient (Wildman–Crippen LogP) is 1.66. The lowest BCUT2D eigenvalue weighted by Crippen LogP contribution is -2.30. The Balaban J connectivity index is 2.76. The van der Waals surface area contributed by atoms with Crippen LogP contribution in [0.15, 0.2) is 18.5 Å². The molecule has 0 aromatic carbocycles. The molecule has 1 rings (SSSR count). The second-order valence-electron chi connectivity index (χ2n) is 4.14. The lowest BCUT2D eigenvalue weighted by molar-refractivity contribution is 0.171. The summed E-state index contributed by atoms with van der Waals surface area (Å²) in [5.74, 6) is 0.451. The summed E-state index contributed by atoms with van der Waals surface area (Å²) in [5, 5.41) is 12.6. The number of hydrogen-bond donors (Lipinski definition) is 2. The number of hydrogen-bond acceptors (Lipinski definition) is 4. The van der Waals surface area contributed by atoms with Crippen molar-refractivity contribution in [3.05, 3.63) is 24.0 Å². The van der Waals surface area contributed by atoms with Crippen molar-refractivity contribution in [1.82, 2.24) is 4.98 Å². The van der Waals surface area contributed by atoms with E-state index in [9.17, 15) is 5.11 Å². The number of anilines is 1. The van der Waals surface area contributed by atoms with Crippen molar-refractivity contribution in [2.24, 2.45) is 5.92 Å². The molecule has 0 bridgehead atoms. The Kier molecular flexibility index (Phi) is 5.22. The minimum atomic E-state index is 0.0165. The van der Waals surface area contributed by atoms with Gasteiger partial charge in [-0.05, 0) is 12.0 Å². The lowest BCUT2D eigenvalue weighted by Gasteiger charge is -2.23. The number of pyridine rings is 1. The summed E-state index contributed by atoms with van der Waals surface area (Å²) >= 11 is 0. The summed E-state index contributed by atoms with van der Waals surface area (Å²) in [4.78, 5) is 4.05. The zero-order chi connectivity index (χ0) is 12.0. The average Bonchev–Trinajstić information content (AvgIpc) is 2.29. The topological polar surface area (TPSA) is 54.4 Å². The fraction of sp³-hybridized carbons (Fsp3) is 0.583. The van der Waals surface area contributed by atoms with E-state index < -0.39 is 0 Å². The first-order valence-corrected chi connectivity index (χ1v) is 5.48. The molecule has 0 aliphatic carbocycles. The van der Waals surface area contributed by atoms with Crippen LogP contribution < -0.4 is 5.32 Å². The van der Waals surface area contributed by atoms with Gasteiger partial charge >= 0.3 is 0 Å². The molecule has 0 aliphatic rings. The Morgan fingerprint density at radius 2 is 2.25 bits per heavy atom. The van der Waals surface area contributed by atoms with E-state index >= 15 is 0 Å². The van der Waals surface area contributed by atoms with Crippen LogP contribution in [-0.2, 0) is 11.3 Å². The number of nitrogens with one attached hydrogen (secondary N) is 1. The summed E-state index contributed by atoms with van der Waals surface area (Å²) in [6.45, 7) is 4.91. The molecule has 0 fully saturated rings. The van der Waals surface area contributed by atoms with E-state index in [0.29, 0.717) is 12.5 Å². The molecule has 1 heterocycles. The third-order valence-electron chi connectivity index (χ3n) is 2.57. The van der Waals surface area contributed by atoms with Crippen molar-refractivity contribution in [3.63, 3.8) is 0 Å². The first-order chi connectivity index (χ1) is 7.69. The zero-order valence-electron chi connectivity index (χ0n) is 10.1. The fourth-order valence-corrected chi connectivity index (χ4v) is 1.47. The lowest BCUT2D eigenvalue weighted by atomic mass is 10.0. The van der Waals surface area contributed by atoms with Crippen LogP contribution in [0, 0.1) is 5.92 Å². The van der Waals surface area contributed by atoms with E-state index in [2.05, 4.69) is 24.1 Å². The predicted molar refractivity (Wildman–Crippen MR) is 64.3 cm³/mol.